The van der Waals surface area contributed by atoms with Gasteiger partial charge in [0.15, 0.2) is 0 Å². The number of esters is 1. The average Bonchev–Trinajstić information content (AvgIpc) is 2.49. The highest BCUT2D eigenvalue weighted by molar-refractivity contribution is 5.75. The van der Waals surface area contributed by atoms with Crippen molar-refractivity contribution in [2.75, 3.05) is 27.2 Å². The van der Waals surface area contributed by atoms with Crippen LogP contribution in [0.2, 0.25) is 0 Å². The van der Waals surface area contributed by atoms with Crippen molar-refractivity contribution in [3.8, 4) is 0 Å². The second kappa shape index (κ2) is 6.97. The highest BCUT2D eigenvalue weighted by atomic mass is 16.5. The van der Waals surface area contributed by atoms with Gasteiger partial charge in [-0.25, -0.2) is 0 Å². The zero-order chi connectivity index (χ0) is 12.8. The van der Waals surface area contributed by atoms with Gasteiger partial charge in [-0.3, -0.25) is 4.79 Å². The molecule has 4 nitrogen and oxygen atoms in total. The molecule has 1 fully saturated rings. The summed E-state index contributed by atoms with van der Waals surface area (Å²) >= 11 is 0. The predicted octanol–water partition coefficient (Wildman–Crippen LogP) is 1.26. The molecule has 0 aromatic carbocycles. The van der Waals surface area contributed by atoms with Gasteiger partial charge in [-0.1, -0.05) is 13.8 Å². The summed E-state index contributed by atoms with van der Waals surface area (Å²) in [6, 6.07) is 0.264. The summed E-state index contributed by atoms with van der Waals surface area (Å²) < 4.78 is 4.86. The van der Waals surface area contributed by atoms with Crippen molar-refractivity contribution < 1.29 is 9.53 Å². The number of nitrogens with one attached hydrogen (secondary N) is 1. The first-order valence-corrected chi connectivity index (χ1v) is 6.57. The number of likely N-dealkylation sites (tertiary alicyclic amines) is 1. The van der Waals surface area contributed by atoms with E-state index < -0.39 is 0 Å². The SMILES string of the molecule is COC(=O)C(NC1CCCN(C)CC1)C(C)C. The van der Waals surface area contributed by atoms with Crippen molar-refractivity contribution in [1.82, 2.24) is 10.2 Å². The molecular formula is C13H26N2O2. The van der Waals surface area contributed by atoms with Crippen molar-refractivity contribution in [3.05, 3.63) is 0 Å². The van der Waals surface area contributed by atoms with E-state index in [9.17, 15) is 4.79 Å². The zero-order valence-corrected chi connectivity index (χ0v) is 11.5. The third kappa shape index (κ3) is 4.64. The number of carbonyl (C=O) groups excluding carboxylic acids is 1. The van der Waals surface area contributed by atoms with Gasteiger partial charge in [0.1, 0.15) is 6.04 Å². The number of nitrogens with zero attached hydrogens (tertiary/aromatic N) is 1. The van der Waals surface area contributed by atoms with Gasteiger partial charge in [0, 0.05) is 6.04 Å². The molecule has 0 amide bonds. The molecule has 1 aliphatic rings. The summed E-state index contributed by atoms with van der Waals surface area (Å²) in [5, 5.41) is 3.47. The maximum Gasteiger partial charge on any atom is 0.323 e. The van der Waals surface area contributed by atoms with Crippen molar-refractivity contribution in [2.24, 2.45) is 5.92 Å². The van der Waals surface area contributed by atoms with E-state index in [0.29, 0.717) is 6.04 Å². The van der Waals surface area contributed by atoms with E-state index in [1.807, 2.05) is 0 Å². The summed E-state index contributed by atoms with van der Waals surface area (Å²) in [4.78, 5) is 14.0. The number of carbonyl (C=O) groups is 1. The molecule has 0 bridgehead atoms. The quantitative estimate of drug-likeness (QED) is 0.754. The van der Waals surface area contributed by atoms with Crippen LogP contribution in [0.4, 0.5) is 0 Å². The Morgan fingerprint density at radius 3 is 2.65 bits per heavy atom. The van der Waals surface area contributed by atoms with Crippen molar-refractivity contribution in [3.63, 3.8) is 0 Å². The van der Waals surface area contributed by atoms with Crippen LogP contribution in [0.15, 0.2) is 0 Å². The standard InChI is InChI=1S/C13H26N2O2/c1-10(2)12(13(16)17-4)14-11-6-5-8-15(3)9-7-11/h10-12,14H,5-9H2,1-4H3. The van der Waals surface area contributed by atoms with E-state index in [1.165, 1.54) is 13.5 Å². The Hall–Kier alpha value is -0.610. The molecule has 1 N–H and O–H groups in total. The fraction of sp³-hybridized carbons (Fsp3) is 0.923. The van der Waals surface area contributed by atoms with Crippen LogP contribution in [0.25, 0.3) is 0 Å². The first kappa shape index (κ1) is 14.5. The van der Waals surface area contributed by atoms with Gasteiger partial charge in [-0.05, 0) is 45.3 Å². The molecule has 100 valence electrons. The summed E-state index contributed by atoms with van der Waals surface area (Å²) in [5.74, 6) is 0.126. The molecule has 1 heterocycles. The van der Waals surface area contributed by atoms with E-state index in [4.69, 9.17) is 4.74 Å². The number of hydrogen-bond donors (Lipinski definition) is 1. The maximum absolute atomic E-state index is 11.7. The van der Waals surface area contributed by atoms with Gasteiger partial charge >= 0.3 is 5.97 Å². The first-order valence-electron chi connectivity index (χ1n) is 6.57. The molecule has 0 aromatic heterocycles. The lowest BCUT2D eigenvalue weighted by Crippen LogP contribution is -2.47. The van der Waals surface area contributed by atoms with Crippen LogP contribution in [-0.2, 0) is 9.53 Å². The van der Waals surface area contributed by atoms with Crippen LogP contribution in [0.3, 0.4) is 0 Å². The Labute approximate surface area is 105 Å². The van der Waals surface area contributed by atoms with Crippen molar-refractivity contribution in [2.45, 2.75) is 45.2 Å². The normalized spacial score (nSPS) is 24.4. The van der Waals surface area contributed by atoms with Gasteiger partial charge in [0.2, 0.25) is 0 Å². The summed E-state index contributed by atoms with van der Waals surface area (Å²) in [6.45, 7) is 6.36. The highest BCUT2D eigenvalue weighted by Gasteiger charge is 2.26. The lowest BCUT2D eigenvalue weighted by molar-refractivity contribution is -0.144. The van der Waals surface area contributed by atoms with Crippen LogP contribution in [-0.4, -0.2) is 50.2 Å². The molecule has 17 heavy (non-hydrogen) atoms. The van der Waals surface area contributed by atoms with Crippen LogP contribution >= 0.6 is 0 Å². The Balaban J connectivity index is 2.51. The van der Waals surface area contributed by atoms with E-state index in [1.54, 1.807) is 0 Å². The number of ether oxygens (including phenoxy) is 1. The van der Waals surface area contributed by atoms with Gasteiger partial charge < -0.3 is 15.0 Å². The second-order valence-corrected chi connectivity index (χ2v) is 5.34. The van der Waals surface area contributed by atoms with Gasteiger partial charge in [-0.15, -0.1) is 0 Å². The van der Waals surface area contributed by atoms with E-state index in [2.05, 4.69) is 31.1 Å². The zero-order valence-electron chi connectivity index (χ0n) is 11.5. The van der Waals surface area contributed by atoms with E-state index in [0.717, 1.165) is 25.9 Å². The van der Waals surface area contributed by atoms with Crippen LogP contribution < -0.4 is 5.32 Å². The minimum atomic E-state index is -0.173. The maximum atomic E-state index is 11.7. The summed E-state index contributed by atoms with van der Waals surface area (Å²) in [7, 11) is 3.61. The molecule has 0 saturated carbocycles. The predicted molar refractivity (Wildman–Crippen MR) is 68.9 cm³/mol. The molecule has 2 atom stereocenters. The van der Waals surface area contributed by atoms with E-state index >= 15 is 0 Å². The third-order valence-electron chi connectivity index (χ3n) is 3.49. The monoisotopic (exact) mass is 242 g/mol. The number of rotatable bonds is 4. The Morgan fingerprint density at radius 2 is 2.06 bits per heavy atom. The molecule has 1 saturated heterocycles. The molecule has 0 aliphatic carbocycles. The fourth-order valence-electron chi connectivity index (χ4n) is 2.32. The topological polar surface area (TPSA) is 41.6 Å². The van der Waals surface area contributed by atoms with Gasteiger partial charge in [-0.2, -0.15) is 0 Å². The highest BCUT2D eigenvalue weighted by Crippen LogP contribution is 2.13. The van der Waals surface area contributed by atoms with Crippen LogP contribution in [0, 0.1) is 5.92 Å². The molecular weight excluding hydrogens is 216 g/mol. The molecule has 0 radical (unpaired) electrons. The summed E-state index contributed by atoms with van der Waals surface area (Å²) in [5.41, 5.74) is 0. The molecule has 0 aromatic rings. The largest absolute Gasteiger partial charge is 0.468 e. The van der Waals surface area contributed by atoms with Crippen LogP contribution in [0.1, 0.15) is 33.1 Å². The number of hydrogen-bond acceptors (Lipinski definition) is 4. The molecule has 1 aliphatic heterocycles. The van der Waals surface area contributed by atoms with Gasteiger partial charge in [0.25, 0.3) is 0 Å². The van der Waals surface area contributed by atoms with Crippen molar-refractivity contribution >= 4 is 5.97 Å². The Bertz CT molecular complexity index is 244. The third-order valence-corrected chi connectivity index (χ3v) is 3.49. The molecule has 2 unspecified atom stereocenters. The second-order valence-electron chi connectivity index (χ2n) is 5.34. The minimum absolute atomic E-state index is 0.141. The molecule has 0 spiro atoms. The van der Waals surface area contributed by atoms with Crippen LogP contribution in [0.5, 0.6) is 0 Å². The molecule has 4 heteroatoms. The lowest BCUT2D eigenvalue weighted by Gasteiger charge is -2.25. The van der Waals surface area contributed by atoms with Crippen molar-refractivity contribution in [1.29, 1.82) is 0 Å². The Morgan fingerprint density at radius 1 is 1.35 bits per heavy atom. The minimum Gasteiger partial charge on any atom is -0.468 e. The lowest BCUT2D eigenvalue weighted by atomic mass is 10.0. The smallest absolute Gasteiger partial charge is 0.323 e. The fourth-order valence-corrected chi connectivity index (χ4v) is 2.32. The van der Waals surface area contributed by atoms with E-state index in [-0.39, 0.29) is 17.9 Å². The first-order chi connectivity index (χ1) is 8.04. The number of methoxy groups -OCH3 is 1. The average molecular weight is 242 g/mol. The molecule has 1 rings (SSSR count). The Kier molecular flexibility index (Phi) is 5.92. The van der Waals surface area contributed by atoms with Gasteiger partial charge in [0.05, 0.1) is 7.11 Å². The summed E-state index contributed by atoms with van der Waals surface area (Å²) in [6.07, 6.45) is 3.45.